The first-order chi connectivity index (χ1) is 10.0. The summed E-state index contributed by atoms with van der Waals surface area (Å²) in [5.41, 5.74) is 0. The van der Waals surface area contributed by atoms with Crippen molar-refractivity contribution in [3.63, 3.8) is 0 Å². The van der Waals surface area contributed by atoms with Crippen LogP contribution in [0, 0.1) is 11.8 Å². The van der Waals surface area contributed by atoms with E-state index in [9.17, 15) is 13.6 Å². The maximum atomic E-state index is 12.1. The van der Waals surface area contributed by atoms with E-state index in [4.69, 9.17) is 0 Å². The van der Waals surface area contributed by atoms with Gasteiger partial charge in [0.1, 0.15) is 0 Å². The second-order valence-electron chi connectivity index (χ2n) is 6.10. The van der Waals surface area contributed by atoms with E-state index in [0.717, 1.165) is 12.5 Å². The van der Waals surface area contributed by atoms with Crippen molar-refractivity contribution in [3.05, 3.63) is 0 Å². The van der Waals surface area contributed by atoms with Crippen LogP contribution in [-0.2, 0) is 0 Å². The van der Waals surface area contributed by atoms with Gasteiger partial charge in [-0.25, -0.2) is 13.6 Å². The molecule has 2 atom stereocenters. The van der Waals surface area contributed by atoms with Gasteiger partial charge in [0.25, 0.3) is 6.43 Å². The minimum absolute atomic E-state index is 0.195. The third-order valence-electron chi connectivity index (χ3n) is 4.25. The predicted molar refractivity (Wildman–Crippen MR) is 80.6 cm³/mol. The summed E-state index contributed by atoms with van der Waals surface area (Å²) < 4.78 is 24.2. The molecular weight excluding hydrogens is 276 g/mol. The van der Waals surface area contributed by atoms with E-state index >= 15 is 0 Å². The van der Waals surface area contributed by atoms with Gasteiger partial charge < -0.3 is 10.6 Å². The van der Waals surface area contributed by atoms with E-state index in [-0.39, 0.29) is 12.6 Å². The quantitative estimate of drug-likeness (QED) is 0.724. The molecule has 0 aliphatic heterocycles. The molecule has 0 aromatic carbocycles. The number of carbonyl (C=O) groups is 1. The molecule has 6 heteroatoms. The first-order valence-corrected chi connectivity index (χ1v) is 7.99. The minimum Gasteiger partial charge on any atom is -0.338 e. The normalized spacial score (nSPS) is 22.6. The van der Waals surface area contributed by atoms with Crippen LogP contribution in [0.15, 0.2) is 0 Å². The molecule has 2 unspecified atom stereocenters. The SMILES string of the molecule is CCC1CCCC(CNC(=O)NCCN(C)CC(F)F)C1. The molecule has 4 nitrogen and oxygen atoms in total. The fourth-order valence-electron chi connectivity index (χ4n) is 2.95. The number of carbonyl (C=O) groups excluding carboxylic acids is 1. The van der Waals surface area contributed by atoms with Gasteiger partial charge in [0.2, 0.25) is 0 Å². The Morgan fingerprint density at radius 2 is 2.00 bits per heavy atom. The predicted octanol–water partition coefficient (Wildman–Crippen LogP) is 2.70. The number of likely N-dealkylation sites (N-methyl/N-ethyl adjacent to an activating group) is 1. The number of amides is 2. The monoisotopic (exact) mass is 305 g/mol. The van der Waals surface area contributed by atoms with Crippen LogP contribution >= 0.6 is 0 Å². The van der Waals surface area contributed by atoms with Crippen molar-refractivity contribution >= 4 is 6.03 Å². The van der Waals surface area contributed by atoms with Crippen LogP contribution < -0.4 is 10.6 Å². The zero-order valence-electron chi connectivity index (χ0n) is 13.2. The highest BCUT2D eigenvalue weighted by molar-refractivity contribution is 5.73. The number of halogens is 2. The van der Waals surface area contributed by atoms with E-state index in [1.165, 1.54) is 37.0 Å². The van der Waals surface area contributed by atoms with Crippen molar-refractivity contribution in [2.24, 2.45) is 11.8 Å². The van der Waals surface area contributed by atoms with Gasteiger partial charge in [0.05, 0.1) is 6.54 Å². The van der Waals surface area contributed by atoms with Crippen molar-refractivity contribution in [2.75, 3.05) is 33.2 Å². The van der Waals surface area contributed by atoms with Crippen LogP contribution in [0.3, 0.4) is 0 Å². The summed E-state index contributed by atoms with van der Waals surface area (Å²) in [7, 11) is 1.62. The Bertz CT molecular complexity index is 303. The Morgan fingerprint density at radius 1 is 1.29 bits per heavy atom. The molecule has 2 N–H and O–H groups in total. The number of hydrogen-bond donors (Lipinski definition) is 2. The fourth-order valence-corrected chi connectivity index (χ4v) is 2.95. The van der Waals surface area contributed by atoms with E-state index in [0.29, 0.717) is 19.0 Å². The highest BCUT2D eigenvalue weighted by atomic mass is 19.3. The van der Waals surface area contributed by atoms with Gasteiger partial charge >= 0.3 is 6.03 Å². The summed E-state index contributed by atoms with van der Waals surface area (Å²) in [5.74, 6) is 1.38. The van der Waals surface area contributed by atoms with Crippen molar-refractivity contribution in [3.8, 4) is 0 Å². The highest BCUT2D eigenvalue weighted by Crippen LogP contribution is 2.30. The molecule has 1 aliphatic carbocycles. The Morgan fingerprint density at radius 3 is 2.67 bits per heavy atom. The van der Waals surface area contributed by atoms with Gasteiger partial charge in [-0.1, -0.05) is 26.2 Å². The summed E-state index contributed by atoms with van der Waals surface area (Å²) >= 11 is 0. The Balaban J connectivity index is 2.08. The lowest BCUT2D eigenvalue weighted by molar-refractivity contribution is 0.101. The molecule has 2 amide bonds. The topological polar surface area (TPSA) is 44.4 Å². The minimum atomic E-state index is -2.33. The summed E-state index contributed by atoms with van der Waals surface area (Å²) in [6, 6.07) is -0.195. The van der Waals surface area contributed by atoms with Crippen LogP contribution in [0.1, 0.15) is 39.0 Å². The van der Waals surface area contributed by atoms with Gasteiger partial charge in [-0.3, -0.25) is 4.90 Å². The molecule has 0 aromatic heterocycles. The molecule has 1 aliphatic rings. The van der Waals surface area contributed by atoms with Gasteiger partial charge in [-0.15, -0.1) is 0 Å². The largest absolute Gasteiger partial charge is 0.338 e. The summed E-state index contributed by atoms with van der Waals surface area (Å²) in [6.45, 7) is 3.50. The molecule has 0 saturated heterocycles. The average Bonchev–Trinajstić information content (AvgIpc) is 2.44. The molecule has 0 radical (unpaired) electrons. The number of nitrogens with zero attached hydrogens (tertiary/aromatic N) is 1. The van der Waals surface area contributed by atoms with E-state index in [1.54, 1.807) is 7.05 Å². The zero-order chi connectivity index (χ0) is 15.7. The molecule has 124 valence electrons. The maximum absolute atomic E-state index is 12.1. The lowest BCUT2D eigenvalue weighted by Crippen LogP contribution is -2.42. The lowest BCUT2D eigenvalue weighted by Gasteiger charge is -2.28. The van der Waals surface area contributed by atoms with E-state index in [1.807, 2.05) is 0 Å². The van der Waals surface area contributed by atoms with Gasteiger partial charge in [-0.05, 0) is 31.7 Å². The number of urea groups is 1. The van der Waals surface area contributed by atoms with Crippen LogP contribution in [0.25, 0.3) is 0 Å². The molecule has 0 bridgehead atoms. The van der Waals surface area contributed by atoms with Crippen LogP contribution in [0.4, 0.5) is 13.6 Å². The standard InChI is InChI=1S/C15H29F2N3O/c1-3-12-5-4-6-13(9-12)10-19-15(21)18-7-8-20(2)11-14(16)17/h12-14H,3-11H2,1-2H3,(H2,18,19,21). The van der Waals surface area contributed by atoms with Gasteiger partial charge in [0.15, 0.2) is 0 Å². The van der Waals surface area contributed by atoms with Crippen LogP contribution in [-0.4, -0.2) is 50.6 Å². The first kappa shape index (κ1) is 18.1. The zero-order valence-corrected chi connectivity index (χ0v) is 13.2. The van der Waals surface area contributed by atoms with E-state index < -0.39 is 6.43 Å². The number of alkyl halides is 2. The number of rotatable bonds is 8. The summed E-state index contributed by atoms with van der Waals surface area (Å²) in [6.07, 6.45) is 3.85. The van der Waals surface area contributed by atoms with E-state index in [2.05, 4.69) is 17.6 Å². The second-order valence-corrected chi connectivity index (χ2v) is 6.10. The third kappa shape index (κ3) is 8.19. The molecule has 1 rings (SSSR count). The van der Waals surface area contributed by atoms with Crippen molar-refractivity contribution in [2.45, 2.75) is 45.5 Å². The summed E-state index contributed by atoms with van der Waals surface area (Å²) in [5, 5.41) is 5.61. The van der Waals surface area contributed by atoms with Crippen LogP contribution in [0.2, 0.25) is 0 Å². The molecule has 1 saturated carbocycles. The van der Waals surface area contributed by atoms with Gasteiger partial charge in [0, 0.05) is 19.6 Å². The third-order valence-corrected chi connectivity index (χ3v) is 4.25. The Labute approximate surface area is 126 Å². The molecule has 21 heavy (non-hydrogen) atoms. The molecular formula is C15H29F2N3O. The maximum Gasteiger partial charge on any atom is 0.314 e. The van der Waals surface area contributed by atoms with Crippen LogP contribution in [0.5, 0.6) is 0 Å². The molecule has 0 spiro atoms. The fraction of sp³-hybridized carbons (Fsp3) is 0.933. The highest BCUT2D eigenvalue weighted by Gasteiger charge is 2.20. The number of hydrogen-bond acceptors (Lipinski definition) is 2. The molecule has 1 fully saturated rings. The first-order valence-electron chi connectivity index (χ1n) is 7.99. The second kappa shape index (κ2) is 9.92. The van der Waals surface area contributed by atoms with Gasteiger partial charge in [-0.2, -0.15) is 0 Å². The van der Waals surface area contributed by atoms with Crippen molar-refractivity contribution in [1.82, 2.24) is 15.5 Å². The Hall–Kier alpha value is -0.910. The Kier molecular flexibility index (Phi) is 8.57. The molecule has 0 heterocycles. The van der Waals surface area contributed by atoms with Crippen molar-refractivity contribution in [1.29, 1.82) is 0 Å². The number of nitrogens with one attached hydrogen (secondary N) is 2. The molecule has 0 aromatic rings. The smallest absolute Gasteiger partial charge is 0.314 e. The summed E-state index contributed by atoms with van der Waals surface area (Å²) in [4.78, 5) is 13.2. The lowest BCUT2D eigenvalue weighted by atomic mass is 9.80. The average molecular weight is 305 g/mol. The van der Waals surface area contributed by atoms with Crippen molar-refractivity contribution < 1.29 is 13.6 Å².